The van der Waals surface area contributed by atoms with E-state index in [2.05, 4.69) is 4.90 Å². The van der Waals surface area contributed by atoms with Gasteiger partial charge in [-0.2, -0.15) is 0 Å². The molecule has 0 spiro atoms. The summed E-state index contributed by atoms with van der Waals surface area (Å²) in [4.78, 5) is 13.5. The number of carboxylic acid groups (broad SMARTS) is 1. The van der Waals surface area contributed by atoms with E-state index in [1.807, 2.05) is 38.1 Å². The van der Waals surface area contributed by atoms with E-state index in [-0.39, 0.29) is 11.3 Å². The van der Waals surface area contributed by atoms with Gasteiger partial charge in [-0.05, 0) is 36.1 Å². The molecule has 1 aromatic carbocycles. The van der Waals surface area contributed by atoms with Crippen molar-refractivity contribution < 1.29 is 9.90 Å². The molecule has 1 N–H and O–H groups in total. The maximum Gasteiger partial charge on any atom is 0.308 e. The van der Waals surface area contributed by atoms with E-state index >= 15 is 0 Å². The first-order valence-electron chi connectivity index (χ1n) is 6.13. The number of rotatable bonds is 2. The molecule has 1 saturated heterocycles. The Kier molecular flexibility index (Phi) is 3.53. The summed E-state index contributed by atoms with van der Waals surface area (Å²) in [7, 11) is 0. The van der Waals surface area contributed by atoms with Crippen molar-refractivity contribution in [2.24, 2.45) is 11.3 Å². The van der Waals surface area contributed by atoms with E-state index in [9.17, 15) is 9.90 Å². The summed E-state index contributed by atoms with van der Waals surface area (Å²) in [6.07, 6.45) is 0.882. The van der Waals surface area contributed by atoms with Gasteiger partial charge in [0.25, 0.3) is 0 Å². The highest BCUT2D eigenvalue weighted by molar-refractivity contribution is 6.30. The Balaban J connectivity index is 2.18. The number of piperidine rings is 1. The Labute approximate surface area is 112 Å². The van der Waals surface area contributed by atoms with Crippen LogP contribution < -0.4 is 4.90 Å². The van der Waals surface area contributed by atoms with Crippen LogP contribution in [-0.4, -0.2) is 24.2 Å². The highest BCUT2D eigenvalue weighted by Crippen LogP contribution is 2.37. The highest BCUT2D eigenvalue weighted by atomic mass is 35.5. The molecule has 0 saturated carbocycles. The SMILES string of the molecule is CC1(C)CCN(c2ccc(Cl)cc2)CC1C(=O)O. The van der Waals surface area contributed by atoms with Crippen molar-refractivity contribution in [1.82, 2.24) is 0 Å². The Bertz CT molecular complexity index is 442. The van der Waals surface area contributed by atoms with E-state index in [0.717, 1.165) is 18.7 Å². The molecule has 1 unspecified atom stereocenters. The molecule has 1 aromatic rings. The van der Waals surface area contributed by atoms with Crippen molar-refractivity contribution in [1.29, 1.82) is 0 Å². The lowest BCUT2D eigenvalue weighted by molar-refractivity contribution is -0.146. The van der Waals surface area contributed by atoms with Gasteiger partial charge in [0.1, 0.15) is 0 Å². The fourth-order valence-corrected chi connectivity index (χ4v) is 2.58. The van der Waals surface area contributed by atoms with Crippen LogP contribution in [-0.2, 0) is 4.79 Å². The van der Waals surface area contributed by atoms with Gasteiger partial charge in [0, 0.05) is 23.8 Å². The number of anilines is 1. The lowest BCUT2D eigenvalue weighted by atomic mass is 9.73. The average Bonchev–Trinajstić information content (AvgIpc) is 2.29. The molecular formula is C14H18ClNO2. The van der Waals surface area contributed by atoms with Crippen LogP contribution in [0, 0.1) is 11.3 Å². The van der Waals surface area contributed by atoms with Gasteiger partial charge in [0.05, 0.1) is 5.92 Å². The van der Waals surface area contributed by atoms with Gasteiger partial charge < -0.3 is 10.0 Å². The molecule has 1 aliphatic heterocycles. The van der Waals surface area contributed by atoms with Gasteiger partial charge in [-0.25, -0.2) is 0 Å². The monoisotopic (exact) mass is 267 g/mol. The number of halogens is 1. The normalized spacial score (nSPS) is 22.8. The first-order chi connectivity index (χ1) is 8.40. The van der Waals surface area contributed by atoms with Gasteiger partial charge in [-0.3, -0.25) is 4.79 Å². The minimum absolute atomic E-state index is 0.144. The standard InChI is InChI=1S/C14H18ClNO2/c1-14(2)7-8-16(9-12(14)13(17)18)11-5-3-10(15)4-6-11/h3-6,12H,7-9H2,1-2H3,(H,17,18). The van der Waals surface area contributed by atoms with Crippen molar-refractivity contribution in [2.45, 2.75) is 20.3 Å². The average molecular weight is 268 g/mol. The van der Waals surface area contributed by atoms with Gasteiger partial charge >= 0.3 is 5.97 Å². The highest BCUT2D eigenvalue weighted by Gasteiger charge is 2.40. The number of aliphatic carboxylic acids is 1. The summed E-state index contributed by atoms with van der Waals surface area (Å²) in [5.74, 6) is -1.04. The first-order valence-corrected chi connectivity index (χ1v) is 6.51. The van der Waals surface area contributed by atoms with Crippen LogP contribution in [0.1, 0.15) is 20.3 Å². The van der Waals surface area contributed by atoms with E-state index in [0.29, 0.717) is 11.6 Å². The van der Waals surface area contributed by atoms with Crippen LogP contribution in [0.2, 0.25) is 5.02 Å². The summed E-state index contributed by atoms with van der Waals surface area (Å²) < 4.78 is 0. The molecule has 0 aliphatic carbocycles. The second-order valence-corrected chi connectivity index (χ2v) is 5.99. The minimum Gasteiger partial charge on any atom is -0.481 e. The van der Waals surface area contributed by atoms with Crippen molar-refractivity contribution in [3.05, 3.63) is 29.3 Å². The van der Waals surface area contributed by atoms with Crippen molar-refractivity contribution in [2.75, 3.05) is 18.0 Å². The molecule has 98 valence electrons. The van der Waals surface area contributed by atoms with Crippen LogP contribution in [0.15, 0.2) is 24.3 Å². The Morgan fingerprint density at radius 1 is 1.39 bits per heavy atom. The number of hydrogen-bond acceptors (Lipinski definition) is 2. The summed E-state index contributed by atoms with van der Waals surface area (Å²) in [5, 5.41) is 10.0. The largest absolute Gasteiger partial charge is 0.481 e. The Morgan fingerprint density at radius 2 is 2.00 bits per heavy atom. The minimum atomic E-state index is -0.710. The van der Waals surface area contributed by atoms with E-state index < -0.39 is 5.97 Å². The molecule has 0 radical (unpaired) electrons. The smallest absolute Gasteiger partial charge is 0.308 e. The fraction of sp³-hybridized carbons (Fsp3) is 0.500. The molecule has 3 nitrogen and oxygen atoms in total. The molecular weight excluding hydrogens is 250 g/mol. The molecule has 0 aromatic heterocycles. The number of benzene rings is 1. The summed E-state index contributed by atoms with van der Waals surface area (Å²) in [6, 6.07) is 7.57. The van der Waals surface area contributed by atoms with Gasteiger partial charge in [-0.15, -0.1) is 0 Å². The zero-order valence-electron chi connectivity index (χ0n) is 10.7. The van der Waals surface area contributed by atoms with E-state index in [1.54, 1.807) is 0 Å². The van der Waals surface area contributed by atoms with Gasteiger partial charge in [-0.1, -0.05) is 25.4 Å². The molecule has 18 heavy (non-hydrogen) atoms. The maximum atomic E-state index is 11.4. The van der Waals surface area contributed by atoms with Gasteiger partial charge in [0.2, 0.25) is 0 Å². The second kappa shape index (κ2) is 4.81. The van der Waals surface area contributed by atoms with Crippen LogP contribution in [0.4, 0.5) is 5.69 Å². The lowest BCUT2D eigenvalue weighted by Crippen LogP contribution is -2.48. The number of hydrogen-bond donors (Lipinski definition) is 1. The third-order valence-corrected chi connectivity index (χ3v) is 4.11. The summed E-state index contributed by atoms with van der Waals surface area (Å²) in [5.41, 5.74) is 0.899. The van der Waals surface area contributed by atoms with Crippen molar-refractivity contribution >= 4 is 23.3 Å². The topological polar surface area (TPSA) is 40.5 Å². The summed E-state index contributed by atoms with van der Waals surface area (Å²) >= 11 is 5.86. The van der Waals surface area contributed by atoms with Crippen LogP contribution in [0.25, 0.3) is 0 Å². The Hall–Kier alpha value is -1.22. The molecule has 2 rings (SSSR count). The molecule has 0 amide bonds. The predicted octanol–water partition coefficient (Wildman–Crippen LogP) is 3.28. The fourth-order valence-electron chi connectivity index (χ4n) is 2.45. The predicted molar refractivity (Wildman–Crippen MR) is 73.2 cm³/mol. The molecule has 1 atom stereocenters. The molecule has 1 fully saturated rings. The molecule has 0 bridgehead atoms. The second-order valence-electron chi connectivity index (χ2n) is 5.55. The van der Waals surface area contributed by atoms with Crippen molar-refractivity contribution in [3.63, 3.8) is 0 Å². The lowest BCUT2D eigenvalue weighted by Gasteiger charge is -2.42. The zero-order valence-corrected chi connectivity index (χ0v) is 11.4. The third-order valence-electron chi connectivity index (χ3n) is 3.86. The molecule has 4 heteroatoms. The number of carbonyl (C=O) groups is 1. The van der Waals surface area contributed by atoms with Crippen LogP contribution in [0.3, 0.4) is 0 Å². The van der Waals surface area contributed by atoms with Crippen LogP contribution in [0.5, 0.6) is 0 Å². The number of carboxylic acids is 1. The van der Waals surface area contributed by atoms with E-state index in [4.69, 9.17) is 11.6 Å². The Morgan fingerprint density at radius 3 is 2.56 bits per heavy atom. The zero-order chi connectivity index (χ0) is 13.3. The summed E-state index contributed by atoms with van der Waals surface area (Å²) in [6.45, 7) is 5.51. The quantitative estimate of drug-likeness (QED) is 0.894. The third kappa shape index (κ3) is 2.61. The van der Waals surface area contributed by atoms with Crippen molar-refractivity contribution in [3.8, 4) is 0 Å². The molecule has 1 heterocycles. The van der Waals surface area contributed by atoms with Gasteiger partial charge in [0.15, 0.2) is 0 Å². The maximum absolute atomic E-state index is 11.4. The first kappa shape index (κ1) is 13.2. The van der Waals surface area contributed by atoms with E-state index in [1.165, 1.54) is 0 Å². The van der Waals surface area contributed by atoms with Crippen LogP contribution >= 0.6 is 11.6 Å². The molecule has 1 aliphatic rings. The number of nitrogens with zero attached hydrogens (tertiary/aromatic N) is 1.